The van der Waals surface area contributed by atoms with Crippen molar-refractivity contribution in [2.75, 3.05) is 0 Å². The van der Waals surface area contributed by atoms with Crippen LogP contribution in [0.4, 0.5) is 0 Å². The minimum absolute atomic E-state index is 0.0177. The Morgan fingerprint density at radius 1 is 1.33 bits per heavy atom. The van der Waals surface area contributed by atoms with Gasteiger partial charge in [-0.2, -0.15) is 5.10 Å². The lowest BCUT2D eigenvalue weighted by molar-refractivity contribution is -0.134. The Bertz CT molecular complexity index is 337. The van der Waals surface area contributed by atoms with Gasteiger partial charge in [0.2, 0.25) is 0 Å². The molecule has 3 nitrogen and oxygen atoms in total. The van der Waals surface area contributed by atoms with E-state index in [1.807, 2.05) is 18.9 Å². The molecule has 0 aromatic heterocycles. The number of hydrogen-bond donors (Lipinski definition) is 0. The van der Waals surface area contributed by atoms with Crippen LogP contribution in [0, 0.1) is 17.8 Å². The zero-order valence-corrected chi connectivity index (χ0v) is 9.44. The molecule has 15 heavy (non-hydrogen) atoms. The number of hydrogen-bond acceptors (Lipinski definition) is 2. The van der Waals surface area contributed by atoms with Gasteiger partial charge in [0.1, 0.15) is 0 Å². The minimum Gasteiger partial charge on any atom is -0.272 e. The van der Waals surface area contributed by atoms with E-state index >= 15 is 0 Å². The van der Waals surface area contributed by atoms with Crippen molar-refractivity contribution in [3.63, 3.8) is 0 Å². The van der Waals surface area contributed by atoms with Crippen LogP contribution in [0.1, 0.15) is 39.5 Å². The summed E-state index contributed by atoms with van der Waals surface area (Å²) in [6.45, 7) is 3.93. The highest BCUT2D eigenvalue weighted by atomic mass is 16.2. The zero-order valence-electron chi connectivity index (χ0n) is 9.44. The smallest absolute Gasteiger partial charge is 0.251 e. The molecule has 2 aliphatic carbocycles. The third-order valence-corrected chi connectivity index (χ3v) is 4.50. The van der Waals surface area contributed by atoms with Crippen molar-refractivity contribution in [1.82, 2.24) is 5.01 Å². The second-order valence-electron chi connectivity index (χ2n) is 5.39. The van der Waals surface area contributed by atoms with Crippen LogP contribution in [-0.2, 0) is 4.79 Å². The molecule has 82 valence electrons. The van der Waals surface area contributed by atoms with Gasteiger partial charge in [0.05, 0.1) is 12.0 Å². The molecule has 4 unspecified atom stereocenters. The first-order valence-corrected chi connectivity index (χ1v) is 6.05. The number of carbonyl (C=O) groups is 1. The maximum Gasteiger partial charge on any atom is 0.251 e. The monoisotopic (exact) mass is 206 g/mol. The summed E-state index contributed by atoms with van der Waals surface area (Å²) in [6, 6.07) is 0.427. The number of amides is 1. The molecule has 0 N–H and O–H groups in total. The molecular weight excluding hydrogens is 188 g/mol. The predicted molar refractivity (Wildman–Crippen MR) is 58.4 cm³/mol. The average Bonchev–Trinajstić information content (AvgIpc) is 2.89. The van der Waals surface area contributed by atoms with Gasteiger partial charge in [-0.25, -0.2) is 5.01 Å². The normalized spacial score (nSPS) is 44.0. The van der Waals surface area contributed by atoms with E-state index in [0.717, 1.165) is 17.5 Å². The van der Waals surface area contributed by atoms with E-state index in [1.54, 1.807) is 0 Å². The first-order chi connectivity index (χ1) is 7.16. The predicted octanol–water partition coefficient (Wildman–Crippen LogP) is 2.03. The van der Waals surface area contributed by atoms with Gasteiger partial charge in [0.15, 0.2) is 0 Å². The van der Waals surface area contributed by atoms with Crippen molar-refractivity contribution >= 4 is 11.6 Å². The van der Waals surface area contributed by atoms with Crippen LogP contribution in [0.15, 0.2) is 5.10 Å². The van der Waals surface area contributed by atoms with E-state index in [2.05, 4.69) is 5.10 Å². The molecule has 3 aliphatic rings. The van der Waals surface area contributed by atoms with Gasteiger partial charge in [-0.05, 0) is 44.9 Å². The molecule has 0 aromatic rings. The van der Waals surface area contributed by atoms with Crippen LogP contribution >= 0.6 is 0 Å². The van der Waals surface area contributed by atoms with Crippen molar-refractivity contribution < 1.29 is 4.79 Å². The van der Waals surface area contributed by atoms with Crippen LogP contribution in [-0.4, -0.2) is 22.7 Å². The first-order valence-electron chi connectivity index (χ1n) is 6.05. The van der Waals surface area contributed by atoms with Gasteiger partial charge in [-0.15, -0.1) is 0 Å². The average molecular weight is 206 g/mol. The summed E-state index contributed by atoms with van der Waals surface area (Å²) >= 11 is 0. The van der Waals surface area contributed by atoms with E-state index in [1.165, 1.54) is 25.7 Å². The topological polar surface area (TPSA) is 32.7 Å². The van der Waals surface area contributed by atoms with Crippen molar-refractivity contribution in [2.24, 2.45) is 22.9 Å². The number of hydrazone groups is 1. The Hall–Kier alpha value is -0.860. The molecule has 1 heterocycles. The number of rotatable bonds is 1. The Balaban J connectivity index is 1.81. The molecule has 1 aliphatic heterocycles. The molecule has 2 saturated carbocycles. The fourth-order valence-corrected chi connectivity index (χ4v) is 3.43. The maximum absolute atomic E-state index is 12.0. The standard InChI is InChI=1S/C12H18N2O/c1-7-8(2)13-14(12(7)15)11-6-9-3-4-10(11)5-9/h7,9-11H,3-6H2,1-2H3. The quantitative estimate of drug-likeness (QED) is 0.646. The van der Waals surface area contributed by atoms with Gasteiger partial charge in [-0.3, -0.25) is 4.79 Å². The molecule has 0 saturated heterocycles. The summed E-state index contributed by atoms with van der Waals surface area (Å²) in [5.41, 5.74) is 0.989. The minimum atomic E-state index is 0.0177. The largest absolute Gasteiger partial charge is 0.272 e. The molecule has 4 atom stereocenters. The third kappa shape index (κ3) is 1.25. The van der Waals surface area contributed by atoms with E-state index in [4.69, 9.17) is 0 Å². The Kier molecular flexibility index (Phi) is 1.91. The lowest BCUT2D eigenvalue weighted by atomic mass is 9.94. The van der Waals surface area contributed by atoms with Crippen LogP contribution in [0.5, 0.6) is 0 Å². The first kappa shape index (κ1) is 9.37. The van der Waals surface area contributed by atoms with Crippen molar-refractivity contribution in [1.29, 1.82) is 0 Å². The molecule has 0 spiro atoms. The van der Waals surface area contributed by atoms with Gasteiger partial charge in [-0.1, -0.05) is 6.42 Å². The Morgan fingerprint density at radius 3 is 2.60 bits per heavy atom. The number of carbonyl (C=O) groups excluding carboxylic acids is 1. The number of fused-ring (bicyclic) bond motifs is 2. The highest BCUT2D eigenvalue weighted by Crippen LogP contribution is 2.47. The maximum atomic E-state index is 12.0. The second-order valence-corrected chi connectivity index (χ2v) is 5.39. The van der Waals surface area contributed by atoms with Gasteiger partial charge in [0.25, 0.3) is 5.91 Å². The summed E-state index contributed by atoms with van der Waals surface area (Å²) < 4.78 is 0. The van der Waals surface area contributed by atoms with Crippen molar-refractivity contribution in [3.8, 4) is 0 Å². The second kappa shape index (κ2) is 3.06. The molecule has 0 radical (unpaired) electrons. The summed E-state index contributed by atoms with van der Waals surface area (Å²) in [6.07, 6.45) is 5.21. The summed E-state index contributed by atoms with van der Waals surface area (Å²) in [7, 11) is 0. The van der Waals surface area contributed by atoms with Crippen molar-refractivity contribution in [3.05, 3.63) is 0 Å². The van der Waals surface area contributed by atoms with Crippen LogP contribution in [0.25, 0.3) is 0 Å². The van der Waals surface area contributed by atoms with E-state index in [-0.39, 0.29) is 11.8 Å². The van der Waals surface area contributed by atoms with E-state index < -0.39 is 0 Å². The van der Waals surface area contributed by atoms with Crippen LogP contribution in [0.2, 0.25) is 0 Å². The van der Waals surface area contributed by atoms with Crippen LogP contribution < -0.4 is 0 Å². The van der Waals surface area contributed by atoms with Crippen LogP contribution in [0.3, 0.4) is 0 Å². The molecule has 0 aromatic carbocycles. The molecule has 3 rings (SSSR count). The highest BCUT2D eigenvalue weighted by molar-refractivity contribution is 6.06. The SMILES string of the molecule is CC1=NN(C2CC3CCC2C3)C(=O)C1C. The van der Waals surface area contributed by atoms with Gasteiger partial charge >= 0.3 is 0 Å². The molecular formula is C12H18N2O. The molecule has 3 heteroatoms. The molecule has 2 bridgehead atoms. The summed E-state index contributed by atoms with van der Waals surface area (Å²) in [5, 5.41) is 6.26. The summed E-state index contributed by atoms with van der Waals surface area (Å²) in [4.78, 5) is 12.0. The summed E-state index contributed by atoms with van der Waals surface area (Å²) in [5.74, 6) is 1.86. The van der Waals surface area contributed by atoms with E-state index in [0.29, 0.717) is 6.04 Å². The fourth-order valence-electron chi connectivity index (χ4n) is 3.43. The Labute approximate surface area is 90.5 Å². The zero-order chi connectivity index (χ0) is 10.6. The lowest BCUT2D eigenvalue weighted by Gasteiger charge is -2.28. The highest BCUT2D eigenvalue weighted by Gasteiger charge is 2.46. The Morgan fingerprint density at radius 2 is 2.13 bits per heavy atom. The van der Waals surface area contributed by atoms with Gasteiger partial charge < -0.3 is 0 Å². The van der Waals surface area contributed by atoms with Gasteiger partial charge in [0, 0.05) is 5.71 Å². The number of nitrogens with zero attached hydrogens (tertiary/aromatic N) is 2. The fraction of sp³-hybridized carbons (Fsp3) is 0.833. The lowest BCUT2D eigenvalue weighted by Crippen LogP contribution is -2.38. The molecule has 2 fully saturated rings. The molecule has 1 amide bonds. The van der Waals surface area contributed by atoms with E-state index in [9.17, 15) is 4.79 Å². The van der Waals surface area contributed by atoms with Crippen molar-refractivity contribution in [2.45, 2.75) is 45.6 Å². The third-order valence-electron chi connectivity index (χ3n) is 4.50.